The predicted molar refractivity (Wildman–Crippen MR) is 129 cm³/mol. The molecule has 35 heavy (non-hydrogen) atoms. The fourth-order valence-corrected chi connectivity index (χ4v) is 4.09. The monoisotopic (exact) mass is 545 g/mol. The first-order valence-corrected chi connectivity index (χ1v) is 12.0. The molecule has 1 N–H and O–H groups in total. The molecule has 0 aliphatic carbocycles. The lowest BCUT2D eigenvalue weighted by atomic mass is 9.86. The van der Waals surface area contributed by atoms with Gasteiger partial charge in [-0.15, -0.1) is 11.3 Å². The molecule has 0 fully saturated rings. The minimum Gasteiger partial charge on any atom is -0.542 e. The number of aliphatic carboxylic acids is 1. The van der Waals surface area contributed by atoms with E-state index in [1.165, 1.54) is 5.56 Å². The number of carbonyl (C=O) groups is 2. The molecule has 0 radical (unpaired) electrons. The summed E-state index contributed by atoms with van der Waals surface area (Å²) >= 11 is 13.6. The van der Waals surface area contributed by atoms with Crippen LogP contribution in [0, 0.1) is 6.92 Å². The van der Waals surface area contributed by atoms with Crippen molar-refractivity contribution in [1.82, 2.24) is 10.3 Å². The van der Waals surface area contributed by atoms with Crippen LogP contribution in [0.2, 0.25) is 10.0 Å². The standard InChI is InChI=1S/C22H22Cl2N2OS.C2HF3O2/c1-14(25-22(27)12-20-13-28-15(2)26-20)21(17-5-9-19(24)10-6-17)11-16-3-7-18(23)8-4-16;3-2(4,5)1(6)7/h3-10,13-14,21H,11-12H2,1-2H3,(H,25,27);(H,6,7)/p-1/t14-,21+;/m1./s1. The summed E-state index contributed by atoms with van der Waals surface area (Å²) in [6.07, 6.45) is -4.11. The van der Waals surface area contributed by atoms with Crippen molar-refractivity contribution < 1.29 is 27.9 Å². The van der Waals surface area contributed by atoms with Gasteiger partial charge in [0.25, 0.3) is 0 Å². The minimum absolute atomic E-state index is 0.0205. The summed E-state index contributed by atoms with van der Waals surface area (Å²) in [5.41, 5.74) is 3.12. The van der Waals surface area contributed by atoms with Gasteiger partial charge < -0.3 is 15.2 Å². The van der Waals surface area contributed by atoms with Gasteiger partial charge in [-0.05, 0) is 55.7 Å². The van der Waals surface area contributed by atoms with E-state index in [0.29, 0.717) is 16.5 Å². The number of alkyl halides is 3. The third-order valence-corrected chi connectivity index (χ3v) is 6.23. The fraction of sp³-hybridized carbons (Fsp3) is 0.292. The van der Waals surface area contributed by atoms with E-state index < -0.39 is 12.1 Å². The van der Waals surface area contributed by atoms with E-state index in [-0.39, 0.29) is 17.9 Å². The summed E-state index contributed by atoms with van der Waals surface area (Å²) in [5.74, 6) is -2.92. The maximum atomic E-state index is 12.5. The number of carboxylic acid groups (broad SMARTS) is 1. The van der Waals surface area contributed by atoms with Crippen LogP contribution in [0.25, 0.3) is 0 Å². The Balaban J connectivity index is 0.000000540. The number of nitrogens with zero attached hydrogens (tertiary/aromatic N) is 1. The molecule has 1 amide bonds. The normalized spacial score (nSPS) is 12.8. The van der Waals surface area contributed by atoms with E-state index in [1.54, 1.807) is 11.3 Å². The SMILES string of the molecule is Cc1nc(CC(=O)N[C@H](C)[C@H](Cc2ccc(Cl)cc2)c2ccc(Cl)cc2)cs1.O=C([O-])C(F)(F)F. The van der Waals surface area contributed by atoms with Crippen LogP contribution in [-0.4, -0.2) is 29.1 Å². The van der Waals surface area contributed by atoms with Crippen LogP contribution < -0.4 is 10.4 Å². The fourth-order valence-electron chi connectivity index (χ4n) is 3.23. The molecule has 0 unspecified atom stereocenters. The van der Waals surface area contributed by atoms with Gasteiger partial charge in [-0.25, -0.2) is 4.98 Å². The molecule has 0 spiro atoms. The number of rotatable bonds is 7. The van der Waals surface area contributed by atoms with E-state index in [1.807, 2.05) is 67.8 Å². The van der Waals surface area contributed by atoms with Crippen molar-refractivity contribution in [2.24, 2.45) is 0 Å². The van der Waals surface area contributed by atoms with E-state index in [4.69, 9.17) is 33.1 Å². The first-order valence-electron chi connectivity index (χ1n) is 10.3. The number of hydrogen-bond donors (Lipinski definition) is 1. The summed E-state index contributed by atoms with van der Waals surface area (Å²) in [6.45, 7) is 3.98. The zero-order valence-corrected chi connectivity index (χ0v) is 21.1. The maximum Gasteiger partial charge on any atom is 0.430 e. The van der Waals surface area contributed by atoms with Crippen molar-refractivity contribution in [2.75, 3.05) is 0 Å². The lowest BCUT2D eigenvalue weighted by Gasteiger charge is -2.26. The largest absolute Gasteiger partial charge is 0.542 e. The summed E-state index contributed by atoms with van der Waals surface area (Å²) in [5, 5.41) is 16.3. The highest BCUT2D eigenvalue weighted by molar-refractivity contribution is 7.09. The van der Waals surface area contributed by atoms with Crippen LogP contribution >= 0.6 is 34.5 Å². The first kappa shape index (κ1) is 28.6. The number of aromatic nitrogens is 1. The van der Waals surface area contributed by atoms with Crippen molar-refractivity contribution in [3.8, 4) is 0 Å². The average Bonchev–Trinajstić information content (AvgIpc) is 3.18. The maximum absolute atomic E-state index is 12.5. The highest BCUT2D eigenvalue weighted by Crippen LogP contribution is 2.27. The molecule has 11 heteroatoms. The third kappa shape index (κ3) is 9.87. The number of hydrogen-bond acceptors (Lipinski definition) is 5. The Labute approximate surface area is 214 Å². The van der Waals surface area contributed by atoms with Crippen molar-refractivity contribution in [3.63, 3.8) is 0 Å². The second-order valence-electron chi connectivity index (χ2n) is 7.66. The minimum atomic E-state index is -5.19. The van der Waals surface area contributed by atoms with E-state index in [9.17, 15) is 18.0 Å². The molecular formula is C24H22Cl2F3N2O3S-. The summed E-state index contributed by atoms with van der Waals surface area (Å²) < 4.78 is 31.5. The van der Waals surface area contributed by atoms with E-state index in [0.717, 1.165) is 22.7 Å². The lowest BCUT2D eigenvalue weighted by Crippen LogP contribution is -2.38. The molecule has 0 aliphatic heterocycles. The van der Waals surface area contributed by atoms with Crippen molar-refractivity contribution in [2.45, 2.75) is 44.8 Å². The van der Waals surface area contributed by atoms with Crippen molar-refractivity contribution in [3.05, 3.63) is 85.8 Å². The van der Waals surface area contributed by atoms with Gasteiger partial charge in [0.2, 0.25) is 5.91 Å². The molecule has 3 rings (SSSR count). The Bertz CT molecular complexity index is 1120. The van der Waals surface area contributed by atoms with Crippen LogP contribution in [0.1, 0.15) is 34.7 Å². The lowest BCUT2D eigenvalue weighted by molar-refractivity contribution is -0.344. The number of amides is 1. The highest BCUT2D eigenvalue weighted by atomic mass is 35.5. The summed E-state index contributed by atoms with van der Waals surface area (Å²) in [4.78, 5) is 25.7. The Morgan fingerprint density at radius 2 is 1.57 bits per heavy atom. The number of benzene rings is 2. The van der Waals surface area contributed by atoms with Gasteiger partial charge >= 0.3 is 6.18 Å². The second kappa shape index (κ2) is 12.9. The van der Waals surface area contributed by atoms with Crippen molar-refractivity contribution >= 4 is 46.4 Å². The Kier molecular flexibility index (Phi) is 10.5. The molecular weight excluding hydrogens is 524 g/mol. The molecule has 1 heterocycles. The van der Waals surface area contributed by atoms with Gasteiger partial charge in [0.1, 0.15) is 5.97 Å². The molecule has 2 atom stereocenters. The molecule has 5 nitrogen and oxygen atoms in total. The van der Waals surface area contributed by atoms with E-state index in [2.05, 4.69) is 10.3 Å². The van der Waals surface area contributed by atoms with Crippen LogP contribution in [-0.2, 0) is 22.4 Å². The summed E-state index contributed by atoms with van der Waals surface area (Å²) in [7, 11) is 0. The van der Waals surface area contributed by atoms with Gasteiger partial charge in [0.15, 0.2) is 0 Å². The number of carbonyl (C=O) groups excluding carboxylic acids is 2. The van der Waals surface area contributed by atoms with Gasteiger partial charge in [0.05, 0.1) is 17.1 Å². The van der Waals surface area contributed by atoms with Gasteiger partial charge in [-0.1, -0.05) is 47.5 Å². The molecule has 0 bridgehead atoms. The van der Waals surface area contributed by atoms with Crippen LogP contribution in [0.3, 0.4) is 0 Å². The molecule has 3 aromatic rings. The molecule has 0 saturated carbocycles. The number of halogens is 5. The van der Waals surface area contributed by atoms with E-state index >= 15 is 0 Å². The zero-order valence-electron chi connectivity index (χ0n) is 18.7. The molecule has 188 valence electrons. The Hall–Kier alpha value is -2.62. The highest BCUT2D eigenvalue weighted by Gasteiger charge is 2.28. The van der Waals surface area contributed by atoms with Crippen LogP contribution in [0.5, 0.6) is 0 Å². The number of thiazole rings is 1. The average molecular weight is 546 g/mol. The smallest absolute Gasteiger partial charge is 0.430 e. The zero-order chi connectivity index (χ0) is 26.2. The summed E-state index contributed by atoms with van der Waals surface area (Å²) in [6, 6.07) is 15.6. The third-order valence-electron chi connectivity index (χ3n) is 4.90. The number of aryl methyl sites for hydroxylation is 1. The van der Waals surface area contributed by atoms with Gasteiger partial charge in [0, 0.05) is 27.4 Å². The number of carboxylic acids is 1. The van der Waals surface area contributed by atoms with Crippen LogP contribution in [0.15, 0.2) is 53.9 Å². The van der Waals surface area contributed by atoms with Gasteiger partial charge in [-0.3, -0.25) is 4.79 Å². The Morgan fingerprint density at radius 1 is 1.06 bits per heavy atom. The second-order valence-corrected chi connectivity index (χ2v) is 9.60. The topological polar surface area (TPSA) is 82.1 Å². The number of nitrogens with one attached hydrogen (secondary N) is 1. The molecule has 1 aromatic heterocycles. The first-order chi connectivity index (χ1) is 16.3. The van der Waals surface area contributed by atoms with Gasteiger partial charge in [-0.2, -0.15) is 13.2 Å². The predicted octanol–water partition coefficient (Wildman–Crippen LogP) is 5.13. The molecule has 0 aliphatic rings. The molecule has 2 aromatic carbocycles. The molecule has 0 saturated heterocycles. The Morgan fingerprint density at radius 3 is 2.03 bits per heavy atom. The van der Waals surface area contributed by atoms with Crippen molar-refractivity contribution in [1.29, 1.82) is 0 Å². The quantitative estimate of drug-likeness (QED) is 0.446. The van der Waals surface area contributed by atoms with Crippen LogP contribution in [0.4, 0.5) is 13.2 Å².